The van der Waals surface area contributed by atoms with Gasteiger partial charge in [-0.3, -0.25) is 0 Å². The van der Waals surface area contributed by atoms with Gasteiger partial charge in [0, 0.05) is 0 Å². The van der Waals surface area contributed by atoms with Gasteiger partial charge >= 0.3 is 6.18 Å². The minimum atomic E-state index is -4.06. The molecule has 0 unspecified atom stereocenters. The lowest BCUT2D eigenvalue weighted by Crippen LogP contribution is -2.57. The van der Waals surface area contributed by atoms with Crippen LogP contribution < -0.4 is 0 Å². The number of alkyl halides is 3. The highest BCUT2D eigenvalue weighted by Gasteiger charge is 2.65. The Labute approximate surface area is 101 Å². The predicted octanol–water partition coefficient (Wildman–Crippen LogP) is 4.79. The summed E-state index contributed by atoms with van der Waals surface area (Å²) < 4.78 is 40.0. The van der Waals surface area contributed by atoms with Gasteiger partial charge in [0.15, 0.2) is 0 Å². The van der Waals surface area contributed by atoms with E-state index in [2.05, 4.69) is 0 Å². The molecule has 0 radical (unpaired) electrons. The van der Waals surface area contributed by atoms with Gasteiger partial charge in [-0.15, -0.1) is 0 Å². The van der Waals surface area contributed by atoms with Gasteiger partial charge in [-0.25, -0.2) is 0 Å². The standard InChI is InChI=1S/C14H21F3/c1-12(2,14(15,16)17)13-6-9-3-10(7-13)5-11(4-9)8-13/h9-11H,3-8H2,1-2H3. The summed E-state index contributed by atoms with van der Waals surface area (Å²) >= 11 is 0. The van der Waals surface area contributed by atoms with Gasteiger partial charge in [-0.1, -0.05) is 13.8 Å². The molecular formula is C14H21F3. The predicted molar refractivity (Wildman–Crippen MR) is 60.4 cm³/mol. The summed E-state index contributed by atoms with van der Waals surface area (Å²) in [4.78, 5) is 0. The van der Waals surface area contributed by atoms with E-state index in [4.69, 9.17) is 0 Å². The molecule has 0 N–H and O–H groups in total. The number of halogens is 3. The minimum absolute atomic E-state index is 0.444. The van der Waals surface area contributed by atoms with Crippen LogP contribution in [0.2, 0.25) is 0 Å². The molecule has 0 aromatic rings. The van der Waals surface area contributed by atoms with Gasteiger partial charge < -0.3 is 0 Å². The molecule has 0 heterocycles. The van der Waals surface area contributed by atoms with Crippen LogP contribution in [-0.2, 0) is 0 Å². The molecule has 4 saturated carbocycles. The molecule has 0 nitrogen and oxygen atoms in total. The lowest BCUT2D eigenvalue weighted by Gasteiger charge is -2.62. The van der Waals surface area contributed by atoms with Crippen LogP contribution in [-0.4, -0.2) is 6.18 Å². The third-order valence-corrected chi connectivity index (χ3v) is 6.07. The molecule has 4 bridgehead atoms. The smallest absolute Gasteiger partial charge is 0.171 e. The Morgan fingerprint density at radius 2 is 1.18 bits per heavy atom. The van der Waals surface area contributed by atoms with Crippen molar-refractivity contribution in [2.24, 2.45) is 28.6 Å². The fraction of sp³-hybridized carbons (Fsp3) is 1.00. The Hall–Kier alpha value is -0.210. The quantitative estimate of drug-likeness (QED) is 0.624. The second kappa shape index (κ2) is 3.21. The minimum Gasteiger partial charge on any atom is -0.171 e. The average Bonchev–Trinajstić information content (AvgIpc) is 2.12. The normalized spacial score (nSPS) is 45.4. The first kappa shape index (κ1) is 11.9. The van der Waals surface area contributed by atoms with Crippen molar-refractivity contribution in [3.63, 3.8) is 0 Å². The highest BCUT2D eigenvalue weighted by Crippen LogP contribution is 2.68. The number of hydrogen-bond acceptors (Lipinski definition) is 0. The van der Waals surface area contributed by atoms with Crippen LogP contribution in [0.4, 0.5) is 13.2 Å². The van der Waals surface area contributed by atoms with Crippen molar-refractivity contribution >= 4 is 0 Å². The molecule has 4 rings (SSSR count). The van der Waals surface area contributed by atoms with E-state index >= 15 is 0 Å². The van der Waals surface area contributed by atoms with E-state index in [1.165, 1.54) is 33.1 Å². The van der Waals surface area contributed by atoms with Crippen LogP contribution in [0.3, 0.4) is 0 Å². The third-order valence-electron chi connectivity index (χ3n) is 6.07. The van der Waals surface area contributed by atoms with E-state index in [0.717, 1.165) is 19.3 Å². The third kappa shape index (κ3) is 1.50. The summed E-state index contributed by atoms with van der Waals surface area (Å²) in [6.45, 7) is 2.89. The van der Waals surface area contributed by atoms with Crippen LogP contribution in [0.15, 0.2) is 0 Å². The zero-order valence-corrected chi connectivity index (χ0v) is 10.6. The van der Waals surface area contributed by atoms with Gasteiger partial charge in [-0.2, -0.15) is 13.2 Å². The number of rotatable bonds is 1. The van der Waals surface area contributed by atoms with Crippen molar-refractivity contribution in [2.75, 3.05) is 0 Å². The molecule has 0 aromatic carbocycles. The molecule has 4 aliphatic rings. The van der Waals surface area contributed by atoms with Crippen LogP contribution in [0, 0.1) is 28.6 Å². The van der Waals surface area contributed by atoms with Crippen molar-refractivity contribution in [3.05, 3.63) is 0 Å². The van der Waals surface area contributed by atoms with Crippen LogP contribution >= 0.6 is 0 Å². The number of hydrogen-bond donors (Lipinski definition) is 0. The van der Waals surface area contributed by atoms with Crippen molar-refractivity contribution in [1.29, 1.82) is 0 Å². The first-order valence-corrected chi connectivity index (χ1v) is 6.80. The Kier molecular flexibility index (Phi) is 2.24. The van der Waals surface area contributed by atoms with E-state index in [-0.39, 0.29) is 0 Å². The molecule has 0 saturated heterocycles. The molecule has 3 heteroatoms. The molecule has 0 aromatic heterocycles. The molecule has 0 atom stereocenters. The van der Waals surface area contributed by atoms with E-state index in [1.54, 1.807) is 0 Å². The van der Waals surface area contributed by atoms with Crippen molar-refractivity contribution in [3.8, 4) is 0 Å². The zero-order valence-electron chi connectivity index (χ0n) is 10.6. The van der Waals surface area contributed by atoms with Gasteiger partial charge in [0.1, 0.15) is 0 Å². The maximum atomic E-state index is 13.3. The molecule has 0 amide bonds. The molecule has 4 fully saturated rings. The maximum Gasteiger partial charge on any atom is 0.394 e. The summed E-state index contributed by atoms with van der Waals surface area (Å²) in [7, 11) is 0. The van der Waals surface area contributed by atoms with Crippen LogP contribution in [0.25, 0.3) is 0 Å². The first-order valence-electron chi connectivity index (χ1n) is 6.80. The Morgan fingerprint density at radius 3 is 1.47 bits per heavy atom. The van der Waals surface area contributed by atoms with Gasteiger partial charge in [0.2, 0.25) is 0 Å². The monoisotopic (exact) mass is 246 g/mol. The average molecular weight is 246 g/mol. The summed E-state index contributed by atoms with van der Waals surface area (Å²) in [5.41, 5.74) is -1.95. The second-order valence-electron chi connectivity index (χ2n) is 7.32. The zero-order chi connectivity index (χ0) is 12.5. The molecular weight excluding hydrogens is 225 g/mol. The van der Waals surface area contributed by atoms with E-state index in [0.29, 0.717) is 17.8 Å². The largest absolute Gasteiger partial charge is 0.394 e. The van der Waals surface area contributed by atoms with E-state index in [9.17, 15) is 13.2 Å². The van der Waals surface area contributed by atoms with Crippen molar-refractivity contribution in [1.82, 2.24) is 0 Å². The SMILES string of the molecule is CC(C)(C(F)(F)F)C12CC3CC(CC(C3)C1)C2. The topological polar surface area (TPSA) is 0 Å². The maximum absolute atomic E-state index is 13.3. The van der Waals surface area contributed by atoms with Crippen LogP contribution in [0.5, 0.6) is 0 Å². The molecule has 0 aliphatic heterocycles. The lowest BCUT2D eigenvalue weighted by atomic mass is 9.43. The van der Waals surface area contributed by atoms with Gasteiger partial charge in [-0.05, 0) is 61.7 Å². The fourth-order valence-corrected chi connectivity index (χ4v) is 5.18. The summed E-state index contributed by atoms with van der Waals surface area (Å²) in [6, 6.07) is 0. The van der Waals surface area contributed by atoms with Gasteiger partial charge in [0.05, 0.1) is 5.41 Å². The highest BCUT2D eigenvalue weighted by molar-refractivity contribution is 5.08. The molecule has 98 valence electrons. The van der Waals surface area contributed by atoms with E-state index < -0.39 is 17.0 Å². The van der Waals surface area contributed by atoms with Crippen LogP contribution in [0.1, 0.15) is 52.4 Å². The lowest BCUT2D eigenvalue weighted by molar-refractivity contribution is -0.279. The molecule has 0 spiro atoms. The summed E-state index contributed by atoms with van der Waals surface area (Å²) in [5.74, 6) is 1.76. The Morgan fingerprint density at radius 1 is 0.824 bits per heavy atom. The second-order valence-corrected chi connectivity index (χ2v) is 7.32. The first-order chi connectivity index (χ1) is 7.73. The van der Waals surface area contributed by atoms with Gasteiger partial charge in [0.25, 0.3) is 0 Å². The Balaban J connectivity index is 1.97. The van der Waals surface area contributed by atoms with Crippen molar-refractivity contribution in [2.45, 2.75) is 58.5 Å². The summed E-state index contributed by atoms with van der Waals surface area (Å²) in [6.07, 6.45) is 2.02. The highest BCUT2D eigenvalue weighted by atomic mass is 19.4. The Bertz CT molecular complexity index is 292. The fourth-order valence-electron chi connectivity index (χ4n) is 5.18. The summed E-state index contributed by atoms with van der Waals surface area (Å²) in [5, 5.41) is 0. The van der Waals surface area contributed by atoms with Crippen molar-refractivity contribution < 1.29 is 13.2 Å². The van der Waals surface area contributed by atoms with E-state index in [1.807, 2.05) is 0 Å². The molecule has 4 aliphatic carbocycles. The molecule has 17 heavy (non-hydrogen) atoms.